The quantitative estimate of drug-likeness (QED) is 0.906. The Kier molecular flexibility index (Phi) is 4.63. The normalized spacial score (nSPS) is 20.2. The lowest BCUT2D eigenvalue weighted by Gasteiger charge is -2.43. The van der Waals surface area contributed by atoms with Gasteiger partial charge in [0.25, 0.3) is 0 Å². The fourth-order valence-corrected chi connectivity index (χ4v) is 3.36. The van der Waals surface area contributed by atoms with Gasteiger partial charge in [0.15, 0.2) is 0 Å². The van der Waals surface area contributed by atoms with E-state index >= 15 is 0 Å². The van der Waals surface area contributed by atoms with Crippen molar-refractivity contribution in [3.8, 4) is 0 Å². The molecular formula is C15H28N4. The van der Waals surface area contributed by atoms with Gasteiger partial charge in [-0.05, 0) is 52.9 Å². The molecule has 0 radical (unpaired) electrons. The molecule has 4 heteroatoms. The summed E-state index contributed by atoms with van der Waals surface area (Å²) < 4.78 is 1.99. The molecule has 1 fully saturated rings. The second-order valence-electron chi connectivity index (χ2n) is 6.16. The molecule has 1 unspecified atom stereocenters. The minimum Gasteiger partial charge on any atom is -0.310 e. The van der Waals surface area contributed by atoms with Crippen molar-refractivity contribution in [2.24, 2.45) is 7.05 Å². The summed E-state index contributed by atoms with van der Waals surface area (Å²) in [5.74, 6) is 0. The standard InChI is InChI=1S/C15H28N4/c1-15(2,19-11-7-5-6-8-12-19)14(16-3)13-9-10-17-18(13)4/h9-10,14,16H,5-8,11-12H2,1-4H3. The lowest BCUT2D eigenvalue weighted by Crippen LogP contribution is -2.52. The maximum atomic E-state index is 4.32. The van der Waals surface area contributed by atoms with E-state index < -0.39 is 0 Å². The second-order valence-corrected chi connectivity index (χ2v) is 6.16. The number of likely N-dealkylation sites (tertiary alicyclic amines) is 1. The second kappa shape index (κ2) is 6.06. The molecule has 1 aromatic heterocycles. The van der Waals surface area contributed by atoms with Crippen molar-refractivity contribution in [3.05, 3.63) is 18.0 Å². The average Bonchev–Trinajstić information content (AvgIpc) is 2.66. The summed E-state index contributed by atoms with van der Waals surface area (Å²) in [6.45, 7) is 7.13. The van der Waals surface area contributed by atoms with Gasteiger partial charge in [0, 0.05) is 18.8 Å². The molecule has 0 aliphatic carbocycles. The van der Waals surface area contributed by atoms with Gasteiger partial charge in [-0.15, -0.1) is 0 Å². The van der Waals surface area contributed by atoms with Crippen LogP contribution in [-0.4, -0.2) is 40.4 Å². The molecule has 0 saturated carbocycles. The zero-order valence-electron chi connectivity index (χ0n) is 12.8. The van der Waals surface area contributed by atoms with Gasteiger partial charge in [-0.1, -0.05) is 12.8 Å². The molecule has 108 valence electrons. The van der Waals surface area contributed by atoms with Crippen molar-refractivity contribution >= 4 is 0 Å². The highest BCUT2D eigenvalue weighted by molar-refractivity contribution is 5.13. The van der Waals surface area contributed by atoms with Gasteiger partial charge < -0.3 is 5.32 Å². The summed E-state index contributed by atoms with van der Waals surface area (Å²) >= 11 is 0. The largest absolute Gasteiger partial charge is 0.310 e. The molecule has 0 spiro atoms. The Morgan fingerprint density at radius 1 is 1.21 bits per heavy atom. The Balaban J connectivity index is 2.22. The fraction of sp³-hybridized carbons (Fsp3) is 0.800. The summed E-state index contributed by atoms with van der Waals surface area (Å²) in [5.41, 5.74) is 1.36. The van der Waals surface area contributed by atoms with E-state index in [1.54, 1.807) is 0 Å². The Morgan fingerprint density at radius 2 is 1.84 bits per heavy atom. The molecule has 1 atom stereocenters. The number of rotatable bonds is 4. The van der Waals surface area contributed by atoms with Gasteiger partial charge in [-0.25, -0.2) is 0 Å². The Labute approximate surface area is 117 Å². The zero-order chi connectivity index (χ0) is 13.9. The first-order valence-corrected chi connectivity index (χ1v) is 7.47. The number of hydrogen-bond donors (Lipinski definition) is 1. The first kappa shape index (κ1) is 14.5. The SMILES string of the molecule is CNC(c1ccnn1C)C(C)(C)N1CCCCCC1. The van der Waals surface area contributed by atoms with Crippen LogP contribution in [-0.2, 0) is 7.05 Å². The van der Waals surface area contributed by atoms with E-state index in [1.165, 1.54) is 44.5 Å². The van der Waals surface area contributed by atoms with Crippen molar-refractivity contribution < 1.29 is 0 Å². The van der Waals surface area contributed by atoms with Crippen LogP contribution in [0.15, 0.2) is 12.3 Å². The van der Waals surface area contributed by atoms with E-state index in [-0.39, 0.29) is 5.54 Å². The number of hydrogen-bond acceptors (Lipinski definition) is 3. The smallest absolute Gasteiger partial charge is 0.0670 e. The topological polar surface area (TPSA) is 33.1 Å². The maximum absolute atomic E-state index is 4.32. The van der Waals surface area contributed by atoms with Crippen LogP contribution in [0.1, 0.15) is 51.3 Å². The molecule has 0 bridgehead atoms. The van der Waals surface area contributed by atoms with Crippen LogP contribution >= 0.6 is 0 Å². The molecule has 1 aliphatic heterocycles. The van der Waals surface area contributed by atoms with Crippen LogP contribution in [0.2, 0.25) is 0 Å². The number of aromatic nitrogens is 2. The monoisotopic (exact) mass is 264 g/mol. The summed E-state index contributed by atoms with van der Waals surface area (Å²) in [7, 11) is 4.08. The third kappa shape index (κ3) is 3.00. The summed E-state index contributed by atoms with van der Waals surface area (Å²) in [6.07, 6.45) is 7.29. The van der Waals surface area contributed by atoms with E-state index in [0.717, 1.165) is 0 Å². The molecule has 2 heterocycles. The Hall–Kier alpha value is -0.870. The summed E-state index contributed by atoms with van der Waals surface area (Å²) in [6, 6.07) is 2.43. The van der Waals surface area contributed by atoms with Crippen LogP contribution in [0.3, 0.4) is 0 Å². The molecule has 1 aliphatic rings. The summed E-state index contributed by atoms with van der Waals surface area (Å²) in [5, 5.41) is 7.82. The van der Waals surface area contributed by atoms with Crippen molar-refractivity contribution in [2.45, 2.75) is 51.1 Å². The lowest BCUT2D eigenvalue weighted by molar-refractivity contribution is 0.0834. The van der Waals surface area contributed by atoms with Crippen LogP contribution in [0.25, 0.3) is 0 Å². The van der Waals surface area contributed by atoms with Gasteiger partial charge in [-0.2, -0.15) is 5.10 Å². The van der Waals surface area contributed by atoms with E-state index in [0.29, 0.717) is 6.04 Å². The molecular weight excluding hydrogens is 236 g/mol. The van der Waals surface area contributed by atoms with E-state index in [9.17, 15) is 0 Å². The van der Waals surface area contributed by atoms with Crippen LogP contribution in [0, 0.1) is 0 Å². The maximum Gasteiger partial charge on any atom is 0.0670 e. The fourth-order valence-electron chi connectivity index (χ4n) is 3.36. The minimum atomic E-state index is 0.104. The van der Waals surface area contributed by atoms with Crippen molar-refractivity contribution in [2.75, 3.05) is 20.1 Å². The van der Waals surface area contributed by atoms with Crippen LogP contribution in [0.4, 0.5) is 0 Å². The number of likely N-dealkylation sites (N-methyl/N-ethyl adjacent to an activating group) is 1. The molecule has 1 aromatic rings. The van der Waals surface area contributed by atoms with Crippen molar-refractivity contribution in [3.63, 3.8) is 0 Å². The zero-order valence-corrected chi connectivity index (χ0v) is 12.8. The van der Waals surface area contributed by atoms with Crippen molar-refractivity contribution in [1.82, 2.24) is 20.0 Å². The molecule has 19 heavy (non-hydrogen) atoms. The predicted molar refractivity (Wildman–Crippen MR) is 79.1 cm³/mol. The molecule has 1 N–H and O–H groups in total. The van der Waals surface area contributed by atoms with Crippen LogP contribution in [0.5, 0.6) is 0 Å². The van der Waals surface area contributed by atoms with Gasteiger partial charge in [0.05, 0.1) is 11.7 Å². The highest BCUT2D eigenvalue weighted by Crippen LogP contribution is 2.32. The van der Waals surface area contributed by atoms with Gasteiger partial charge in [0.1, 0.15) is 0 Å². The molecule has 2 rings (SSSR count). The average molecular weight is 264 g/mol. The van der Waals surface area contributed by atoms with Gasteiger partial charge in [0.2, 0.25) is 0 Å². The highest BCUT2D eigenvalue weighted by atomic mass is 15.3. The number of nitrogens with zero attached hydrogens (tertiary/aromatic N) is 3. The highest BCUT2D eigenvalue weighted by Gasteiger charge is 2.36. The number of aryl methyl sites for hydroxylation is 1. The third-order valence-electron chi connectivity index (χ3n) is 4.57. The lowest BCUT2D eigenvalue weighted by atomic mass is 9.89. The minimum absolute atomic E-state index is 0.104. The van der Waals surface area contributed by atoms with E-state index in [2.05, 4.69) is 42.3 Å². The van der Waals surface area contributed by atoms with Crippen LogP contribution < -0.4 is 5.32 Å². The molecule has 1 saturated heterocycles. The Bertz CT molecular complexity index is 389. The molecule has 0 amide bonds. The summed E-state index contributed by atoms with van der Waals surface area (Å²) in [4.78, 5) is 2.65. The first-order chi connectivity index (χ1) is 9.07. The predicted octanol–water partition coefficient (Wildman–Crippen LogP) is 2.34. The van der Waals surface area contributed by atoms with E-state index in [4.69, 9.17) is 0 Å². The van der Waals surface area contributed by atoms with Gasteiger partial charge >= 0.3 is 0 Å². The number of nitrogens with one attached hydrogen (secondary N) is 1. The first-order valence-electron chi connectivity index (χ1n) is 7.47. The molecule has 4 nitrogen and oxygen atoms in total. The third-order valence-corrected chi connectivity index (χ3v) is 4.57. The molecule has 0 aromatic carbocycles. The van der Waals surface area contributed by atoms with E-state index in [1.807, 2.05) is 17.9 Å². The Morgan fingerprint density at radius 3 is 2.32 bits per heavy atom. The van der Waals surface area contributed by atoms with Crippen molar-refractivity contribution in [1.29, 1.82) is 0 Å². The van der Waals surface area contributed by atoms with Gasteiger partial charge in [-0.3, -0.25) is 9.58 Å².